The molecular formula is C17H26O3. The summed E-state index contributed by atoms with van der Waals surface area (Å²) in [5, 5.41) is 9.18. The van der Waals surface area contributed by atoms with Crippen molar-refractivity contribution in [3.63, 3.8) is 0 Å². The van der Waals surface area contributed by atoms with Gasteiger partial charge in [0.2, 0.25) is 0 Å². The average Bonchev–Trinajstić information content (AvgIpc) is 2.38. The molecule has 0 amide bonds. The number of ether oxygens (including phenoxy) is 1. The molecule has 3 nitrogen and oxygen atoms in total. The van der Waals surface area contributed by atoms with Crippen molar-refractivity contribution in [3.05, 3.63) is 29.3 Å². The average molecular weight is 278 g/mol. The number of unbranched alkanes of at least 4 members (excludes halogenated alkanes) is 1. The fraction of sp³-hybridized carbons (Fsp3) is 0.588. The van der Waals surface area contributed by atoms with Crippen LogP contribution < -0.4 is 4.74 Å². The molecule has 0 spiro atoms. The summed E-state index contributed by atoms with van der Waals surface area (Å²) in [6, 6.07) is 6.11. The van der Waals surface area contributed by atoms with E-state index in [2.05, 4.69) is 19.9 Å². The molecule has 0 aromatic heterocycles. The molecule has 3 heteroatoms. The third-order valence-electron chi connectivity index (χ3n) is 3.34. The summed E-state index contributed by atoms with van der Waals surface area (Å²) < 4.78 is 5.73. The minimum absolute atomic E-state index is 0.700. The molecule has 0 atom stereocenters. The highest BCUT2D eigenvalue weighted by atomic mass is 16.5. The highest BCUT2D eigenvalue weighted by molar-refractivity contribution is 5.76. The molecule has 0 aliphatic heterocycles. The maximum atomic E-state index is 11.2. The number of hydrogen-bond donors (Lipinski definition) is 1. The van der Waals surface area contributed by atoms with Crippen LogP contribution in [0.2, 0.25) is 0 Å². The Kier molecular flexibility index (Phi) is 6.05. The summed E-state index contributed by atoms with van der Waals surface area (Å²) in [7, 11) is 0. The van der Waals surface area contributed by atoms with Gasteiger partial charge >= 0.3 is 5.97 Å². The van der Waals surface area contributed by atoms with Gasteiger partial charge in [-0.05, 0) is 50.3 Å². The van der Waals surface area contributed by atoms with Crippen molar-refractivity contribution in [1.82, 2.24) is 0 Å². The Balaban J connectivity index is 3.01. The lowest BCUT2D eigenvalue weighted by molar-refractivity contribution is -0.152. The molecule has 0 unspecified atom stereocenters. The topological polar surface area (TPSA) is 46.5 Å². The summed E-state index contributed by atoms with van der Waals surface area (Å²) in [6.07, 6.45) is 5.27. The molecule has 20 heavy (non-hydrogen) atoms. The lowest BCUT2D eigenvalue weighted by Gasteiger charge is -2.23. The van der Waals surface area contributed by atoms with Crippen molar-refractivity contribution in [1.29, 1.82) is 0 Å². The van der Waals surface area contributed by atoms with E-state index in [9.17, 15) is 9.90 Å². The Morgan fingerprint density at radius 2 is 1.90 bits per heavy atom. The van der Waals surface area contributed by atoms with Gasteiger partial charge in [-0.15, -0.1) is 0 Å². The monoisotopic (exact) mass is 278 g/mol. The van der Waals surface area contributed by atoms with Gasteiger partial charge in [-0.25, -0.2) is 4.79 Å². The number of aryl methyl sites for hydroxylation is 2. The predicted octanol–water partition coefficient (Wildman–Crippen LogP) is 4.22. The molecule has 0 saturated carbocycles. The number of hydrogen-bond acceptors (Lipinski definition) is 2. The molecule has 1 aromatic rings. The second-order valence-electron chi connectivity index (χ2n) is 5.71. The molecule has 1 N–H and O–H groups in total. The van der Waals surface area contributed by atoms with Crippen LogP contribution >= 0.6 is 0 Å². The lowest BCUT2D eigenvalue weighted by Crippen LogP contribution is -2.38. The Hall–Kier alpha value is -1.51. The Morgan fingerprint density at radius 1 is 1.20 bits per heavy atom. The summed E-state index contributed by atoms with van der Waals surface area (Å²) in [4.78, 5) is 11.2. The van der Waals surface area contributed by atoms with Crippen LogP contribution in [0.4, 0.5) is 0 Å². The van der Waals surface area contributed by atoms with Gasteiger partial charge in [-0.3, -0.25) is 0 Å². The molecule has 0 bridgehead atoms. The highest BCUT2D eigenvalue weighted by Crippen LogP contribution is 2.27. The minimum atomic E-state index is -1.20. The van der Waals surface area contributed by atoms with Crippen LogP contribution in [0.3, 0.4) is 0 Å². The summed E-state index contributed by atoms with van der Waals surface area (Å²) >= 11 is 0. The summed E-state index contributed by atoms with van der Waals surface area (Å²) in [5.41, 5.74) is 1.21. The Morgan fingerprint density at radius 3 is 2.45 bits per heavy atom. The van der Waals surface area contributed by atoms with E-state index in [4.69, 9.17) is 4.74 Å². The molecule has 1 aromatic carbocycles. The molecule has 0 saturated heterocycles. The lowest BCUT2D eigenvalue weighted by atomic mass is 10.0. The van der Waals surface area contributed by atoms with E-state index in [-0.39, 0.29) is 0 Å². The van der Waals surface area contributed by atoms with Gasteiger partial charge in [0.25, 0.3) is 0 Å². The zero-order chi connectivity index (χ0) is 15.2. The minimum Gasteiger partial charge on any atom is -0.478 e. The summed E-state index contributed by atoms with van der Waals surface area (Å²) in [5.74, 6) is -0.248. The standard InChI is InChI=1S/C17H26O3/c1-5-7-9-14-12-13(8-6-2)10-11-15(14)20-17(3,4)16(18)19/h10-12H,5-9H2,1-4H3,(H,18,19). The van der Waals surface area contributed by atoms with Gasteiger partial charge in [0.1, 0.15) is 5.75 Å². The van der Waals surface area contributed by atoms with E-state index in [0.29, 0.717) is 5.75 Å². The van der Waals surface area contributed by atoms with Gasteiger partial charge in [0.05, 0.1) is 0 Å². The van der Waals surface area contributed by atoms with Crippen molar-refractivity contribution in [2.24, 2.45) is 0 Å². The first kappa shape index (κ1) is 16.5. The van der Waals surface area contributed by atoms with Crippen LogP contribution in [0.15, 0.2) is 18.2 Å². The maximum absolute atomic E-state index is 11.2. The fourth-order valence-electron chi connectivity index (χ4n) is 2.06. The van der Waals surface area contributed by atoms with Crippen molar-refractivity contribution >= 4 is 5.97 Å². The largest absolute Gasteiger partial charge is 0.478 e. The summed E-state index contributed by atoms with van der Waals surface area (Å²) in [6.45, 7) is 7.47. The van der Waals surface area contributed by atoms with Crippen LogP contribution in [0.1, 0.15) is 58.1 Å². The Bertz CT molecular complexity index is 450. The van der Waals surface area contributed by atoms with Crippen LogP contribution in [-0.4, -0.2) is 16.7 Å². The van der Waals surface area contributed by atoms with E-state index >= 15 is 0 Å². The first-order chi connectivity index (χ1) is 9.40. The van der Waals surface area contributed by atoms with E-state index in [1.807, 2.05) is 12.1 Å². The number of carboxylic acids is 1. The Labute approximate surface area is 122 Å². The van der Waals surface area contributed by atoms with Gasteiger partial charge in [-0.1, -0.05) is 38.8 Å². The molecule has 0 heterocycles. The molecular weight excluding hydrogens is 252 g/mol. The fourth-order valence-corrected chi connectivity index (χ4v) is 2.06. The van der Waals surface area contributed by atoms with E-state index < -0.39 is 11.6 Å². The highest BCUT2D eigenvalue weighted by Gasteiger charge is 2.30. The van der Waals surface area contributed by atoms with Crippen LogP contribution in [-0.2, 0) is 17.6 Å². The van der Waals surface area contributed by atoms with Crippen LogP contribution in [0, 0.1) is 0 Å². The van der Waals surface area contributed by atoms with Crippen molar-refractivity contribution in [2.75, 3.05) is 0 Å². The number of benzene rings is 1. The van der Waals surface area contributed by atoms with Crippen molar-refractivity contribution in [3.8, 4) is 5.75 Å². The third-order valence-corrected chi connectivity index (χ3v) is 3.34. The molecule has 0 aliphatic rings. The van der Waals surface area contributed by atoms with E-state index in [1.54, 1.807) is 13.8 Å². The zero-order valence-corrected chi connectivity index (χ0v) is 13.0. The van der Waals surface area contributed by atoms with Gasteiger partial charge in [0.15, 0.2) is 5.60 Å². The quantitative estimate of drug-likeness (QED) is 0.774. The normalized spacial score (nSPS) is 11.4. The number of aliphatic carboxylic acids is 1. The second-order valence-corrected chi connectivity index (χ2v) is 5.71. The van der Waals surface area contributed by atoms with Crippen LogP contribution in [0.5, 0.6) is 5.75 Å². The molecule has 0 aliphatic carbocycles. The smallest absolute Gasteiger partial charge is 0.347 e. The third kappa shape index (κ3) is 4.55. The molecule has 112 valence electrons. The number of carbonyl (C=O) groups is 1. The molecule has 0 radical (unpaired) electrons. The van der Waals surface area contributed by atoms with Crippen molar-refractivity contribution in [2.45, 2.75) is 65.4 Å². The van der Waals surface area contributed by atoms with Gasteiger partial charge in [0, 0.05) is 0 Å². The molecule has 1 rings (SSSR count). The first-order valence-electron chi connectivity index (χ1n) is 7.45. The molecule has 0 fully saturated rings. The first-order valence-corrected chi connectivity index (χ1v) is 7.45. The zero-order valence-electron chi connectivity index (χ0n) is 13.0. The van der Waals surface area contributed by atoms with Gasteiger partial charge in [-0.2, -0.15) is 0 Å². The maximum Gasteiger partial charge on any atom is 0.347 e. The van der Waals surface area contributed by atoms with Gasteiger partial charge < -0.3 is 9.84 Å². The SMILES string of the molecule is CCCCc1cc(CCC)ccc1OC(C)(C)C(=O)O. The second kappa shape index (κ2) is 7.32. The van der Waals surface area contributed by atoms with E-state index in [1.165, 1.54) is 5.56 Å². The number of rotatable bonds is 8. The number of carboxylic acid groups (broad SMARTS) is 1. The van der Waals surface area contributed by atoms with E-state index in [0.717, 1.165) is 37.7 Å². The van der Waals surface area contributed by atoms with Crippen LogP contribution in [0.25, 0.3) is 0 Å². The predicted molar refractivity (Wildman–Crippen MR) is 81.4 cm³/mol. The van der Waals surface area contributed by atoms with Crippen molar-refractivity contribution < 1.29 is 14.6 Å².